The van der Waals surface area contributed by atoms with Gasteiger partial charge in [-0.05, 0) is 44.2 Å². The van der Waals surface area contributed by atoms with Crippen LogP contribution in [0.2, 0.25) is 0 Å². The van der Waals surface area contributed by atoms with Gasteiger partial charge in [0.05, 0.1) is 12.0 Å². The maximum atomic E-state index is 11.9. The van der Waals surface area contributed by atoms with Gasteiger partial charge in [0.2, 0.25) is 0 Å². The molecule has 1 aliphatic rings. The van der Waals surface area contributed by atoms with Crippen molar-refractivity contribution in [2.24, 2.45) is 5.92 Å². The van der Waals surface area contributed by atoms with Gasteiger partial charge in [-0.1, -0.05) is 6.42 Å². The lowest BCUT2D eigenvalue weighted by molar-refractivity contribution is -0.385. The van der Waals surface area contributed by atoms with Gasteiger partial charge in [-0.2, -0.15) is 0 Å². The zero-order chi connectivity index (χ0) is 17.0. The summed E-state index contributed by atoms with van der Waals surface area (Å²) < 4.78 is 4.66. The predicted octanol–water partition coefficient (Wildman–Crippen LogP) is 2.65. The molecule has 1 fully saturated rings. The number of nitro benzene ring substituents is 1. The minimum atomic E-state index is -0.721. The van der Waals surface area contributed by atoms with Crippen molar-refractivity contribution in [2.75, 3.05) is 19.0 Å². The number of ether oxygens (including phenoxy) is 1. The number of aliphatic hydroxyl groups excluding tert-OH is 1. The number of hydrogen-bond donors (Lipinski definition) is 2. The number of hydrogen-bond acceptors (Lipinski definition) is 6. The van der Waals surface area contributed by atoms with E-state index in [1.54, 1.807) is 13.0 Å². The highest BCUT2D eigenvalue weighted by Gasteiger charge is 2.29. The number of carbonyl (C=O) groups excluding carboxylic acids is 1. The SMILES string of the molecule is COC(=O)c1cc(NC2CCCC2CCO)cc(C)c1[N+](=O)[O-]. The Morgan fingerprint density at radius 3 is 2.83 bits per heavy atom. The Kier molecular flexibility index (Phi) is 5.54. The van der Waals surface area contributed by atoms with Crippen LogP contribution in [0.25, 0.3) is 0 Å². The number of carbonyl (C=O) groups is 1. The second kappa shape index (κ2) is 7.41. The van der Waals surface area contributed by atoms with Crippen molar-refractivity contribution in [1.82, 2.24) is 0 Å². The standard InChI is InChI=1S/C16H22N2O5/c1-10-8-12(17-14-5-3-4-11(14)6-7-19)9-13(16(20)23-2)15(10)18(21)22/h8-9,11,14,17,19H,3-7H2,1-2H3. The first-order valence-corrected chi connectivity index (χ1v) is 7.72. The van der Waals surface area contributed by atoms with E-state index in [0.717, 1.165) is 25.7 Å². The molecule has 1 saturated carbocycles. The van der Waals surface area contributed by atoms with Crippen LogP contribution in [0, 0.1) is 23.0 Å². The van der Waals surface area contributed by atoms with Crippen molar-refractivity contribution in [3.63, 3.8) is 0 Å². The van der Waals surface area contributed by atoms with Gasteiger partial charge in [0, 0.05) is 23.9 Å². The molecule has 0 heterocycles. The summed E-state index contributed by atoms with van der Waals surface area (Å²) in [6, 6.07) is 3.36. The molecule has 1 aliphatic carbocycles. The molecule has 0 aliphatic heterocycles. The van der Waals surface area contributed by atoms with E-state index in [0.29, 0.717) is 17.2 Å². The fraction of sp³-hybridized carbons (Fsp3) is 0.562. The summed E-state index contributed by atoms with van der Waals surface area (Å²) in [6.07, 6.45) is 3.84. The lowest BCUT2D eigenvalue weighted by Gasteiger charge is -2.22. The summed E-state index contributed by atoms with van der Waals surface area (Å²) in [4.78, 5) is 22.5. The second-order valence-corrected chi connectivity index (χ2v) is 5.89. The summed E-state index contributed by atoms with van der Waals surface area (Å²) >= 11 is 0. The van der Waals surface area contributed by atoms with Crippen LogP contribution < -0.4 is 5.32 Å². The van der Waals surface area contributed by atoms with Gasteiger partial charge in [-0.25, -0.2) is 4.79 Å². The minimum absolute atomic E-state index is 0.0447. The number of benzene rings is 1. The van der Waals surface area contributed by atoms with Crippen molar-refractivity contribution in [3.05, 3.63) is 33.4 Å². The molecule has 0 bridgehead atoms. The van der Waals surface area contributed by atoms with Gasteiger partial charge >= 0.3 is 5.97 Å². The Bertz CT molecular complexity index is 602. The van der Waals surface area contributed by atoms with E-state index in [1.807, 2.05) is 0 Å². The number of nitrogens with zero attached hydrogens (tertiary/aromatic N) is 1. The fourth-order valence-electron chi connectivity index (χ4n) is 3.32. The normalized spacial score (nSPS) is 20.3. The van der Waals surface area contributed by atoms with Crippen molar-refractivity contribution in [2.45, 2.75) is 38.6 Å². The Hall–Kier alpha value is -2.15. The number of esters is 1. The molecule has 7 nitrogen and oxygen atoms in total. The Balaban J connectivity index is 2.31. The maximum Gasteiger partial charge on any atom is 0.344 e. The average molecular weight is 322 g/mol. The molecule has 0 spiro atoms. The molecule has 1 aromatic rings. The van der Waals surface area contributed by atoms with Crippen LogP contribution in [0.5, 0.6) is 0 Å². The lowest BCUT2D eigenvalue weighted by Crippen LogP contribution is -2.25. The topological polar surface area (TPSA) is 102 Å². The van der Waals surface area contributed by atoms with E-state index in [2.05, 4.69) is 10.1 Å². The van der Waals surface area contributed by atoms with Crippen LogP contribution in [0.15, 0.2) is 12.1 Å². The highest BCUT2D eigenvalue weighted by Crippen LogP contribution is 2.33. The first-order valence-electron chi connectivity index (χ1n) is 7.72. The number of nitrogens with one attached hydrogen (secondary N) is 1. The largest absolute Gasteiger partial charge is 0.465 e. The molecule has 126 valence electrons. The molecule has 1 aromatic carbocycles. The van der Waals surface area contributed by atoms with Crippen LogP contribution in [-0.4, -0.2) is 35.8 Å². The van der Waals surface area contributed by atoms with Gasteiger partial charge < -0.3 is 15.2 Å². The smallest absolute Gasteiger partial charge is 0.344 e. The van der Waals surface area contributed by atoms with Crippen molar-refractivity contribution < 1.29 is 19.6 Å². The van der Waals surface area contributed by atoms with E-state index >= 15 is 0 Å². The molecule has 2 unspecified atom stereocenters. The molecule has 7 heteroatoms. The summed E-state index contributed by atoms with van der Waals surface area (Å²) in [5, 5.41) is 23.7. The van der Waals surface area contributed by atoms with Gasteiger partial charge in [-0.15, -0.1) is 0 Å². The molecule has 0 saturated heterocycles. The maximum absolute atomic E-state index is 11.9. The van der Waals surface area contributed by atoms with Crippen LogP contribution >= 0.6 is 0 Å². The molecular formula is C16H22N2O5. The third-order valence-corrected chi connectivity index (χ3v) is 4.40. The number of nitro groups is 1. The van der Waals surface area contributed by atoms with E-state index < -0.39 is 10.9 Å². The van der Waals surface area contributed by atoms with E-state index in [1.165, 1.54) is 13.2 Å². The molecule has 2 rings (SSSR count). The van der Waals surface area contributed by atoms with Crippen molar-refractivity contribution >= 4 is 17.3 Å². The molecule has 2 N–H and O–H groups in total. The highest BCUT2D eigenvalue weighted by atomic mass is 16.6. The second-order valence-electron chi connectivity index (χ2n) is 5.89. The Morgan fingerprint density at radius 2 is 2.22 bits per heavy atom. The minimum Gasteiger partial charge on any atom is -0.465 e. The van der Waals surface area contributed by atoms with E-state index in [4.69, 9.17) is 5.11 Å². The summed E-state index contributed by atoms with van der Waals surface area (Å²) in [5.41, 5.74) is 0.817. The number of rotatable bonds is 6. The quantitative estimate of drug-likeness (QED) is 0.474. The highest BCUT2D eigenvalue weighted by molar-refractivity contribution is 5.95. The zero-order valence-corrected chi connectivity index (χ0v) is 13.4. The van der Waals surface area contributed by atoms with Gasteiger partial charge in [0.1, 0.15) is 5.56 Å². The van der Waals surface area contributed by atoms with Gasteiger partial charge in [0.15, 0.2) is 0 Å². The lowest BCUT2D eigenvalue weighted by atomic mass is 9.99. The number of aliphatic hydroxyl groups is 1. The molecule has 0 aromatic heterocycles. The average Bonchev–Trinajstić information content (AvgIpc) is 2.93. The third-order valence-electron chi connectivity index (χ3n) is 4.40. The monoisotopic (exact) mass is 322 g/mol. The fourth-order valence-corrected chi connectivity index (χ4v) is 3.32. The molecule has 23 heavy (non-hydrogen) atoms. The first kappa shape index (κ1) is 17.2. The summed E-state index contributed by atoms with van der Waals surface area (Å²) in [5.74, 6) is -0.348. The third kappa shape index (κ3) is 3.79. The molecule has 0 amide bonds. The van der Waals surface area contributed by atoms with Crippen molar-refractivity contribution in [1.29, 1.82) is 0 Å². The molecular weight excluding hydrogens is 300 g/mol. The van der Waals surface area contributed by atoms with E-state index in [-0.39, 0.29) is 23.9 Å². The van der Waals surface area contributed by atoms with Crippen LogP contribution in [0.4, 0.5) is 11.4 Å². The number of anilines is 1. The van der Waals surface area contributed by atoms with Crippen LogP contribution in [0.3, 0.4) is 0 Å². The van der Waals surface area contributed by atoms with Gasteiger partial charge in [0.25, 0.3) is 5.69 Å². The summed E-state index contributed by atoms with van der Waals surface area (Å²) in [7, 11) is 1.20. The Morgan fingerprint density at radius 1 is 1.48 bits per heavy atom. The zero-order valence-electron chi connectivity index (χ0n) is 13.4. The van der Waals surface area contributed by atoms with Gasteiger partial charge in [-0.3, -0.25) is 10.1 Å². The summed E-state index contributed by atoms with van der Waals surface area (Å²) in [6.45, 7) is 1.76. The van der Waals surface area contributed by atoms with Crippen molar-refractivity contribution in [3.8, 4) is 0 Å². The van der Waals surface area contributed by atoms with Crippen LogP contribution in [-0.2, 0) is 4.74 Å². The Labute approximate surface area is 134 Å². The molecule has 2 atom stereocenters. The molecule has 0 radical (unpaired) electrons. The number of aryl methyl sites for hydroxylation is 1. The predicted molar refractivity (Wildman–Crippen MR) is 85.6 cm³/mol. The first-order chi connectivity index (χ1) is 11.0. The number of methoxy groups -OCH3 is 1. The van der Waals surface area contributed by atoms with Crippen LogP contribution in [0.1, 0.15) is 41.6 Å². The van der Waals surface area contributed by atoms with E-state index in [9.17, 15) is 14.9 Å².